The van der Waals surface area contributed by atoms with Crippen LogP contribution < -0.4 is 47.1 Å². The lowest BCUT2D eigenvalue weighted by molar-refractivity contribution is -0.279. The number of hydrogen-bond acceptors (Lipinski definition) is 45. The fourth-order valence-corrected chi connectivity index (χ4v) is 16.0. The minimum atomic E-state index is -1.62. The first-order chi connectivity index (χ1) is 69.0. The van der Waals surface area contributed by atoms with Crippen LogP contribution in [0.4, 0.5) is 0 Å². The average Bonchev–Trinajstić information content (AvgIpc) is 0.792. The van der Waals surface area contributed by atoms with E-state index in [1.54, 1.807) is 24.3 Å². The molecular weight excluding hydrogens is 1950 g/mol. The number of ether oxygens (including phenoxy) is 23. The van der Waals surface area contributed by atoms with E-state index in [1.807, 2.05) is 27.7 Å². The predicted octanol–water partition coefficient (Wildman–Crippen LogP) is -1.04. The van der Waals surface area contributed by atoms with Crippen molar-refractivity contribution in [3.8, 4) is 11.8 Å². The number of nitrogens with one attached hydrogen (secondary N) is 8. The Kier molecular flexibility index (Phi) is 62.2. The van der Waals surface area contributed by atoms with Crippen LogP contribution in [0.2, 0.25) is 0 Å². The quantitative estimate of drug-likeness (QED) is 0.0167. The third-order valence-electron chi connectivity index (χ3n) is 20.2. The van der Waals surface area contributed by atoms with Crippen LogP contribution in [0.5, 0.6) is 5.75 Å². The number of carbonyl (C=O) groups is 17. The highest BCUT2D eigenvalue weighted by molar-refractivity contribution is 7.45. The molecule has 0 saturated carbocycles. The molecule has 0 aromatic heterocycles. The number of nitriles is 1. The minimum absolute atomic E-state index is 0.0253. The van der Waals surface area contributed by atoms with Gasteiger partial charge in [0, 0.05) is 147 Å². The number of benzene rings is 1. The van der Waals surface area contributed by atoms with Crippen molar-refractivity contribution >= 4 is 109 Å². The number of nitrogens with zero attached hydrogens (tertiary/aromatic N) is 2. The molecule has 16 atom stereocenters. The largest absolute Gasteiger partial charge is 0.463 e. The average molecular weight is 2090 g/mol. The molecule has 3 saturated heterocycles. The van der Waals surface area contributed by atoms with Crippen LogP contribution >= 0.6 is 8.53 Å². The molecule has 52 nitrogen and oxygen atoms in total. The molecule has 3 aliphatic rings. The highest BCUT2D eigenvalue weighted by atomic mass is 31.2. The maximum atomic E-state index is 14.2. The van der Waals surface area contributed by atoms with Crippen molar-refractivity contribution in [1.29, 1.82) is 5.26 Å². The second-order valence-electron chi connectivity index (χ2n) is 33.5. The number of carbonyl (C=O) groups excluding carboxylic acids is 17. The maximum absolute atomic E-state index is 14.2. The van der Waals surface area contributed by atoms with Crippen LogP contribution in [0.1, 0.15) is 148 Å². The molecule has 0 spiro atoms. The molecule has 3 fully saturated rings. The van der Waals surface area contributed by atoms with Crippen LogP contribution in [-0.4, -0.2) is 400 Å². The first-order valence-corrected chi connectivity index (χ1v) is 48.5. The normalized spacial score (nSPS) is 20.9. The lowest BCUT2D eigenvalue weighted by atomic mass is 9.96. The number of esters is 9. The van der Waals surface area contributed by atoms with Gasteiger partial charge < -0.3 is 161 Å². The summed E-state index contributed by atoms with van der Waals surface area (Å²) in [6.45, 7) is 17.7. The van der Waals surface area contributed by atoms with E-state index in [-0.39, 0.29) is 207 Å². The summed E-state index contributed by atoms with van der Waals surface area (Å²) < 4.78 is 146. The van der Waals surface area contributed by atoms with Crippen molar-refractivity contribution in [2.45, 2.75) is 259 Å². The van der Waals surface area contributed by atoms with E-state index in [0.717, 1.165) is 67.9 Å². The zero-order chi connectivity index (χ0) is 107. The van der Waals surface area contributed by atoms with Gasteiger partial charge in [0.05, 0.1) is 158 Å². The lowest BCUT2D eigenvalue weighted by Crippen LogP contribution is -2.66. The van der Waals surface area contributed by atoms with Gasteiger partial charge in [-0.3, -0.25) is 81.5 Å². The van der Waals surface area contributed by atoms with Gasteiger partial charge in [-0.25, -0.2) is 4.67 Å². The fourth-order valence-electron chi connectivity index (χ4n) is 14.4. The minimum Gasteiger partial charge on any atom is -0.463 e. The van der Waals surface area contributed by atoms with Crippen LogP contribution in [0, 0.1) is 11.3 Å². The molecule has 1 aromatic carbocycles. The number of amides is 7. The van der Waals surface area contributed by atoms with Crippen LogP contribution in [0.25, 0.3) is 0 Å². The molecule has 1 aromatic rings. The molecule has 53 heteroatoms. The Bertz CT molecular complexity index is 4100. The SMILES string of the molecule is CC(=O)N[C@H]1[C@H](OCCOCCNCC(=O)CCOCC(COCCC(=O)NCCOCCO[C@@H]2O[C@H](COC(C)=O)[C@H](OC(C)=O)[C@H](OC(C)=O)[C@H]2NC(C)=O)(COCCC(=O)NCCOCCO[C@@H]2O[C@H](COC(C)=O)[C@H](OC(C)=O)[C@H](OC(C)=O)[C@H]2NC(C)=O)NC(=O)CCOCCOCCNC(=O)Cc2ccc(OP(OCCC#N)N(C(C)C)C(C)C)cc2)O[C@H](COC(C)=O)[C@H](OC(C)=O)[C@@H]1OC(C)=O. The van der Waals surface area contributed by atoms with Crippen molar-refractivity contribution in [2.75, 3.05) is 185 Å². The molecule has 0 aliphatic carbocycles. The van der Waals surface area contributed by atoms with Crippen molar-refractivity contribution in [1.82, 2.24) is 47.2 Å². The van der Waals surface area contributed by atoms with Crippen LogP contribution in [-0.2, 0) is 201 Å². The number of hydrogen-bond donors (Lipinski definition) is 8. The van der Waals surface area contributed by atoms with E-state index in [4.69, 9.17) is 123 Å². The van der Waals surface area contributed by atoms with Crippen molar-refractivity contribution < 1.29 is 200 Å². The van der Waals surface area contributed by atoms with Crippen molar-refractivity contribution in [3.05, 3.63) is 29.8 Å². The third kappa shape index (κ3) is 53.6. The standard InChI is InChI=1S/C92H145N10O42P/c1-56(2)102(57(3)4)145(134-31-17-26-93)144-72-20-18-70(19-21-72)48-79(119)97-30-39-122-41-40-120-33-25-78(118)101-92(54-126-34-23-76(116)95-28-37-123-43-46-129-90-81(99-59(6)104)87(139-68(15)113)84(136-65(12)110)74(142-90)51-132-62(9)107,55-127-35-24-77(117)96-29-38-124-44-47-130-91-82(100-60(7)105)88(140-69(16)114)85(137-66(13)111)75(143-91)52-133-63(10)108)53-125-32-22-71(115)49-94-27-36-121-42-45-128-89-80(98-58(5)103)86(138-67(14)112)83(135-64(11)109)73(141-89)50-131-61(8)106/h18-21,56-57,73-75,80-91,94H,17,22-25,27-55H2,1-16H3,(H,95,116)(H,96,117)(H,97,119)(H,98,103)(H,99,104)(H,100,105)(H,101,118)/t73-,74-,75-,80-,81-,82-,83+,84+,85+,86-,87-,88-,89-,90-,91-,145?/m1/s1. The van der Waals surface area contributed by atoms with Gasteiger partial charge in [0.2, 0.25) is 41.4 Å². The molecule has 3 heterocycles. The molecule has 0 bridgehead atoms. The molecular formula is C92H145N10O42P. The number of ketones is 1. The molecule has 4 rings (SSSR count). The summed E-state index contributed by atoms with van der Waals surface area (Å²) in [5.41, 5.74) is -0.904. The lowest BCUT2D eigenvalue weighted by Gasteiger charge is -2.44. The van der Waals surface area contributed by atoms with Crippen molar-refractivity contribution in [2.24, 2.45) is 0 Å². The highest BCUT2D eigenvalue weighted by Gasteiger charge is 2.55. The molecule has 7 amide bonds. The van der Waals surface area contributed by atoms with E-state index in [1.165, 1.54) is 20.8 Å². The van der Waals surface area contributed by atoms with E-state index >= 15 is 0 Å². The molecule has 145 heavy (non-hydrogen) atoms. The Labute approximate surface area is 843 Å². The third-order valence-corrected chi connectivity index (χ3v) is 22.3. The molecule has 820 valence electrons. The smallest absolute Gasteiger partial charge is 0.321 e. The fraction of sp³-hybridized carbons (Fsp3) is 0.739. The topological polar surface area (TPSA) is 644 Å². The van der Waals surface area contributed by atoms with Crippen LogP contribution in [0.3, 0.4) is 0 Å². The summed E-state index contributed by atoms with van der Waals surface area (Å²) in [6, 6.07) is 5.62. The Balaban J connectivity index is 1.48. The van der Waals surface area contributed by atoms with E-state index < -0.39 is 235 Å². The molecule has 8 N–H and O–H groups in total. The monoisotopic (exact) mass is 2090 g/mol. The van der Waals surface area contributed by atoms with Crippen LogP contribution in [0.15, 0.2) is 24.3 Å². The van der Waals surface area contributed by atoms with E-state index in [2.05, 4.69) is 53.3 Å². The van der Waals surface area contributed by atoms with Crippen molar-refractivity contribution in [3.63, 3.8) is 0 Å². The summed E-state index contributed by atoms with van der Waals surface area (Å²) in [7, 11) is -1.54. The summed E-state index contributed by atoms with van der Waals surface area (Å²) in [6.07, 6.45) is -16.6. The van der Waals surface area contributed by atoms with Gasteiger partial charge in [-0.05, 0) is 45.4 Å². The second kappa shape index (κ2) is 71.1. The number of rotatable bonds is 73. The van der Waals surface area contributed by atoms with Gasteiger partial charge in [-0.2, -0.15) is 5.26 Å². The van der Waals surface area contributed by atoms with Gasteiger partial charge in [-0.1, -0.05) is 12.1 Å². The van der Waals surface area contributed by atoms with Gasteiger partial charge in [-0.15, -0.1) is 0 Å². The molecule has 3 aliphatic heterocycles. The first kappa shape index (κ1) is 127. The summed E-state index contributed by atoms with van der Waals surface area (Å²) in [5, 5.41) is 31.1. The highest BCUT2D eigenvalue weighted by Crippen LogP contribution is 2.46. The number of Topliss-reactive ketones (excluding diaryl/α,β-unsaturated/α-hetero) is 1. The van der Waals surface area contributed by atoms with E-state index in [0.29, 0.717) is 5.75 Å². The molecule has 1 unspecified atom stereocenters. The van der Waals surface area contributed by atoms with Gasteiger partial charge in [0.25, 0.3) is 0 Å². The Morgan fingerprint density at radius 2 is 0.703 bits per heavy atom. The first-order valence-electron chi connectivity index (χ1n) is 47.4. The Morgan fingerprint density at radius 1 is 0.379 bits per heavy atom. The second-order valence-corrected chi connectivity index (χ2v) is 34.9. The maximum Gasteiger partial charge on any atom is 0.321 e. The summed E-state index contributed by atoms with van der Waals surface area (Å²) >= 11 is 0. The molecule has 0 radical (unpaired) electrons. The Morgan fingerprint density at radius 3 is 1.05 bits per heavy atom. The van der Waals surface area contributed by atoms with Gasteiger partial charge in [0.1, 0.15) is 73.3 Å². The zero-order valence-electron chi connectivity index (χ0n) is 85.2. The van der Waals surface area contributed by atoms with Gasteiger partial charge >= 0.3 is 62.2 Å². The van der Waals surface area contributed by atoms with E-state index in [9.17, 15) is 81.5 Å². The predicted molar refractivity (Wildman–Crippen MR) is 499 cm³/mol. The summed E-state index contributed by atoms with van der Waals surface area (Å²) in [4.78, 5) is 214. The summed E-state index contributed by atoms with van der Waals surface area (Å²) in [5.74, 6) is -10.3. The zero-order valence-corrected chi connectivity index (χ0v) is 86.0. The van der Waals surface area contributed by atoms with Gasteiger partial charge in [0.15, 0.2) is 55.5 Å². The Hall–Kier alpha value is -10.6.